The van der Waals surface area contributed by atoms with Crippen LogP contribution in [-0.4, -0.2) is 33.4 Å². The molecular weight excluding hydrogens is 276 g/mol. The van der Waals surface area contributed by atoms with E-state index in [9.17, 15) is 0 Å². The first-order valence-corrected chi connectivity index (χ1v) is 8.05. The van der Waals surface area contributed by atoms with E-state index in [1.807, 2.05) is 12.1 Å². The maximum absolute atomic E-state index is 6.30. The smallest absolute Gasteiger partial charge is 0.162 e. The van der Waals surface area contributed by atoms with Gasteiger partial charge in [0.25, 0.3) is 0 Å². The molecule has 0 aromatic heterocycles. The average molecular weight is 306 g/mol. The van der Waals surface area contributed by atoms with Gasteiger partial charge in [-0.3, -0.25) is 0 Å². The molecule has 22 heavy (non-hydrogen) atoms. The van der Waals surface area contributed by atoms with Crippen molar-refractivity contribution in [3.63, 3.8) is 0 Å². The fourth-order valence-corrected chi connectivity index (χ4v) is 3.49. The molecule has 0 radical (unpaired) electrons. The Bertz CT molecular complexity index is 496. The molecule has 1 aromatic rings. The van der Waals surface area contributed by atoms with Crippen molar-refractivity contribution in [2.75, 3.05) is 32.2 Å². The van der Waals surface area contributed by atoms with Crippen LogP contribution in [0.25, 0.3) is 0 Å². The van der Waals surface area contributed by atoms with Gasteiger partial charge >= 0.3 is 0 Å². The van der Waals surface area contributed by atoms with Crippen molar-refractivity contribution in [2.45, 2.75) is 39.7 Å². The van der Waals surface area contributed by atoms with Gasteiger partial charge in [-0.25, -0.2) is 0 Å². The minimum absolute atomic E-state index is 0.231. The third-order valence-electron chi connectivity index (χ3n) is 4.20. The number of nitrogens with two attached hydrogens (primary N) is 1. The molecule has 4 heteroatoms. The molecule has 1 heterocycles. The van der Waals surface area contributed by atoms with Crippen molar-refractivity contribution < 1.29 is 9.47 Å². The molecule has 0 amide bonds. The molecule has 0 aliphatic carbocycles. The van der Waals surface area contributed by atoms with E-state index in [1.54, 1.807) is 14.2 Å². The maximum Gasteiger partial charge on any atom is 0.162 e. The summed E-state index contributed by atoms with van der Waals surface area (Å²) >= 11 is 0. The Morgan fingerprint density at radius 2 is 1.82 bits per heavy atom. The van der Waals surface area contributed by atoms with Crippen LogP contribution in [0.2, 0.25) is 0 Å². The highest BCUT2D eigenvalue weighted by Crippen LogP contribution is 2.35. The lowest BCUT2D eigenvalue weighted by molar-refractivity contribution is 0.253. The first-order chi connectivity index (χ1) is 10.3. The fourth-order valence-electron chi connectivity index (χ4n) is 3.49. The minimum Gasteiger partial charge on any atom is -0.493 e. The second-order valence-corrected chi connectivity index (χ2v) is 7.57. The Kier molecular flexibility index (Phi) is 5.22. The van der Waals surface area contributed by atoms with Gasteiger partial charge in [0.05, 0.1) is 14.2 Å². The highest BCUT2D eigenvalue weighted by Gasteiger charge is 2.28. The van der Waals surface area contributed by atoms with Gasteiger partial charge in [0.2, 0.25) is 0 Å². The van der Waals surface area contributed by atoms with E-state index in [1.165, 1.54) is 6.42 Å². The van der Waals surface area contributed by atoms with Gasteiger partial charge in [-0.2, -0.15) is 0 Å². The summed E-state index contributed by atoms with van der Waals surface area (Å²) in [5.41, 5.74) is 7.80. The summed E-state index contributed by atoms with van der Waals surface area (Å²) in [7, 11) is 3.33. The molecule has 4 nitrogen and oxygen atoms in total. The van der Waals surface area contributed by atoms with Crippen molar-refractivity contribution >= 4 is 5.69 Å². The molecule has 2 atom stereocenters. The third-order valence-corrected chi connectivity index (χ3v) is 4.20. The maximum atomic E-state index is 6.30. The lowest BCUT2D eigenvalue weighted by Gasteiger charge is -2.40. The van der Waals surface area contributed by atoms with E-state index in [2.05, 4.69) is 31.7 Å². The van der Waals surface area contributed by atoms with Crippen molar-refractivity contribution in [3.05, 3.63) is 18.2 Å². The molecule has 0 bridgehead atoms. The predicted octanol–water partition coefficient (Wildman–Crippen LogP) is 3.29. The molecule has 1 aromatic carbocycles. The Balaban J connectivity index is 2.17. The first kappa shape index (κ1) is 16.9. The molecule has 0 saturated carbocycles. The van der Waals surface area contributed by atoms with Gasteiger partial charge in [-0.15, -0.1) is 0 Å². The number of hydrogen-bond acceptors (Lipinski definition) is 4. The summed E-state index contributed by atoms with van der Waals surface area (Å²) in [4.78, 5) is 2.38. The Morgan fingerprint density at radius 1 is 1.14 bits per heavy atom. The molecule has 2 rings (SSSR count). The number of benzene rings is 1. The lowest BCUT2D eigenvalue weighted by Crippen LogP contribution is -2.47. The Morgan fingerprint density at radius 3 is 2.41 bits per heavy atom. The van der Waals surface area contributed by atoms with Gasteiger partial charge in [0.15, 0.2) is 11.5 Å². The fraction of sp³-hybridized carbons (Fsp3) is 0.667. The summed E-state index contributed by atoms with van der Waals surface area (Å²) in [6.45, 7) is 8.85. The van der Waals surface area contributed by atoms with Gasteiger partial charge in [-0.1, -0.05) is 20.8 Å². The molecule has 2 unspecified atom stereocenters. The summed E-state index contributed by atoms with van der Waals surface area (Å²) in [5, 5.41) is 0. The van der Waals surface area contributed by atoms with Crippen LogP contribution in [0.4, 0.5) is 5.69 Å². The zero-order valence-corrected chi connectivity index (χ0v) is 14.6. The molecule has 124 valence electrons. The van der Waals surface area contributed by atoms with E-state index in [-0.39, 0.29) is 6.04 Å². The molecule has 1 aliphatic rings. The normalized spacial score (nSPS) is 22.5. The molecule has 1 fully saturated rings. The number of nitrogens with zero attached hydrogens (tertiary/aromatic N) is 1. The van der Waals surface area contributed by atoms with Crippen molar-refractivity contribution in [1.29, 1.82) is 0 Å². The first-order valence-electron chi connectivity index (χ1n) is 8.05. The quantitative estimate of drug-likeness (QED) is 0.927. The van der Waals surface area contributed by atoms with Crippen LogP contribution in [-0.2, 0) is 0 Å². The van der Waals surface area contributed by atoms with Gasteiger partial charge < -0.3 is 20.1 Å². The van der Waals surface area contributed by atoms with Crippen molar-refractivity contribution in [2.24, 2.45) is 17.1 Å². The van der Waals surface area contributed by atoms with Crippen LogP contribution >= 0.6 is 0 Å². The zero-order valence-electron chi connectivity index (χ0n) is 14.6. The third kappa shape index (κ3) is 4.29. The molecule has 0 spiro atoms. The van der Waals surface area contributed by atoms with Gasteiger partial charge in [0.1, 0.15) is 0 Å². The van der Waals surface area contributed by atoms with Crippen LogP contribution < -0.4 is 20.1 Å². The van der Waals surface area contributed by atoms with E-state index < -0.39 is 0 Å². The SMILES string of the molecule is COc1ccc(N2CC(N)CC(CC(C)(C)C)C2)cc1OC. The van der Waals surface area contributed by atoms with Crippen LogP contribution in [0.5, 0.6) is 11.5 Å². The van der Waals surface area contributed by atoms with Gasteiger partial charge in [0, 0.05) is 30.9 Å². The van der Waals surface area contributed by atoms with E-state index in [4.69, 9.17) is 15.2 Å². The summed E-state index contributed by atoms with van der Waals surface area (Å²) in [6.07, 6.45) is 2.31. The van der Waals surface area contributed by atoms with E-state index in [0.29, 0.717) is 11.3 Å². The number of ether oxygens (including phenoxy) is 2. The Hall–Kier alpha value is -1.42. The van der Waals surface area contributed by atoms with E-state index >= 15 is 0 Å². The Labute approximate surface area is 134 Å². The minimum atomic E-state index is 0.231. The van der Waals surface area contributed by atoms with E-state index in [0.717, 1.165) is 36.7 Å². The number of hydrogen-bond donors (Lipinski definition) is 1. The summed E-state index contributed by atoms with van der Waals surface area (Å²) in [6, 6.07) is 6.33. The standard InChI is InChI=1S/C18H30N2O2/c1-18(2,3)10-13-8-14(19)12-20(11-13)15-6-7-16(21-4)17(9-15)22-5/h6-7,9,13-14H,8,10-12,19H2,1-5H3. The second-order valence-electron chi connectivity index (χ2n) is 7.57. The van der Waals surface area contributed by atoms with Crippen molar-refractivity contribution in [1.82, 2.24) is 0 Å². The summed E-state index contributed by atoms with van der Waals surface area (Å²) < 4.78 is 10.7. The molecule has 1 aliphatic heterocycles. The topological polar surface area (TPSA) is 47.7 Å². The highest BCUT2D eigenvalue weighted by molar-refractivity contribution is 5.56. The van der Waals surface area contributed by atoms with Crippen molar-refractivity contribution in [3.8, 4) is 11.5 Å². The van der Waals surface area contributed by atoms with Crippen LogP contribution in [0, 0.1) is 11.3 Å². The van der Waals surface area contributed by atoms with Crippen LogP contribution in [0.1, 0.15) is 33.6 Å². The average Bonchev–Trinajstić information content (AvgIpc) is 2.44. The van der Waals surface area contributed by atoms with Gasteiger partial charge in [-0.05, 0) is 36.3 Å². The van der Waals surface area contributed by atoms with Crippen LogP contribution in [0.15, 0.2) is 18.2 Å². The molecular formula is C18H30N2O2. The number of rotatable bonds is 4. The lowest BCUT2D eigenvalue weighted by atomic mass is 9.80. The monoisotopic (exact) mass is 306 g/mol. The summed E-state index contributed by atoms with van der Waals surface area (Å²) in [5.74, 6) is 2.17. The highest BCUT2D eigenvalue weighted by atomic mass is 16.5. The number of piperidine rings is 1. The molecule has 2 N–H and O–H groups in total. The predicted molar refractivity (Wildman–Crippen MR) is 91.9 cm³/mol. The van der Waals surface area contributed by atoms with Crippen LogP contribution in [0.3, 0.4) is 0 Å². The second kappa shape index (κ2) is 6.78. The zero-order chi connectivity index (χ0) is 16.3. The number of methoxy groups -OCH3 is 2. The largest absolute Gasteiger partial charge is 0.493 e. The number of anilines is 1. The molecule has 1 saturated heterocycles.